The molecule has 0 saturated heterocycles. The summed E-state index contributed by atoms with van der Waals surface area (Å²) < 4.78 is 2.17. The van der Waals surface area contributed by atoms with E-state index < -0.39 is 5.41 Å². The van der Waals surface area contributed by atoms with Crippen molar-refractivity contribution in [2.75, 3.05) is 19.3 Å². The standard InChI is InChI=1S/C19H29N2OPS/c1-18(2,3)17(22)20-16-7-11-19(4,24-5)10-6-15(16)14-8-12-21(23)13-9-14/h6-8,10-11H,9,12-13,23H2,1-5H3,(H,20,22). The normalized spacial score (nSPS) is 25.5. The summed E-state index contributed by atoms with van der Waals surface area (Å²) in [6, 6.07) is 0. The van der Waals surface area contributed by atoms with E-state index in [9.17, 15) is 4.79 Å². The van der Waals surface area contributed by atoms with Crippen molar-refractivity contribution in [1.82, 2.24) is 9.99 Å². The van der Waals surface area contributed by atoms with Crippen molar-refractivity contribution in [3.05, 3.63) is 47.2 Å². The van der Waals surface area contributed by atoms with Crippen LogP contribution in [0.2, 0.25) is 0 Å². The van der Waals surface area contributed by atoms with Gasteiger partial charge in [0, 0.05) is 34.5 Å². The van der Waals surface area contributed by atoms with Crippen LogP contribution in [0.15, 0.2) is 47.2 Å². The van der Waals surface area contributed by atoms with E-state index in [-0.39, 0.29) is 10.7 Å². The number of rotatable bonds is 3. The molecule has 2 rings (SSSR count). The van der Waals surface area contributed by atoms with Crippen molar-refractivity contribution in [2.45, 2.75) is 38.9 Å². The lowest BCUT2D eigenvalue weighted by Crippen LogP contribution is -2.34. The summed E-state index contributed by atoms with van der Waals surface area (Å²) in [7, 11) is 2.76. The fourth-order valence-electron chi connectivity index (χ4n) is 2.50. The number of carbonyl (C=O) groups is 1. The lowest BCUT2D eigenvalue weighted by atomic mass is 9.94. The first kappa shape index (κ1) is 19.5. The molecule has 1 aliphatic carbocycles. The van der Waals surface area contributed by atoms with Crippen molar-refractivity contribution in [2.24, 2.45) is 5.41 Å². The molecular formula is C19H29N2OPS. The van der Waals surface area contributed by atoms with Crippen molar-refractivity contribution < 1.29 is 4.79 Å². The molecular weight excluding hydrogens is 335 g/mol. The van der Waals surface area contributed by atoms with Crippen LogP contribution in [0.5, 0.6) is 0 Å². The molecule has 24 heavy (non-hydrogen) atoms. The zero-order valence-electron chi connectivity index (χ0n) is 15.3. The molecule has 0 saturated carbocycles. The molecule has 5 heteroatoms. The molecule has 2 unspecified atom stereocenters. The van der Waals surface area contributed by atoms with E-state index in [0.29, 0.717) is 0 Å². The van der Waals surface area contributed by atoms with E-state index in [1.165, 1.54) is 5.57 Å². The molecule has 0 bridgehead atoms. The summed E-state index contributed by atoms with van der Waals surface area (Å²) in [6.07, 6.45) is 14.0. The van der Waals surface area contributed by atoms with Crippen LogP contribution in [0.4, 0.5) is 0 Å². The number of allylic oxidation sites excluding steroid dienone is 3. The Hall–Kier alpha value is -0.830. The third-order valence-electron chi connectivity index (χ3n) is 4.41. The number of nitrogens with one attached hydrogen (secondary N) is 1. The van der Waals surface area contributed by atoms with Gasteiger partial charge in [-0.25, -0.2) is 0 Å². The fraction of sp³-hybridized carbons (Fsp3) is 0.526. The summed E-state index contributed by atoms with van der Waals surface area (Å²) in [5, 5.41) is 3.15. The SMILES string of the molecule is CSC1(C)C=CC(NC(=O)C(C)(C)C)=C(C2=CCN(P)CC2)C=C1. The quantitative estimate of drug-likeness (QED) is 0.766. The average Bonchev–Trinajstić information content (AvgIpc) is 2.68. The highest BCUT2D eigenvalue weighted by Gasteiger charge is 2.25. The molecule has 0 radical (unpaired) electrons. The molecule has 1 N–H and O–H groups in total. The van der Waals surface area contributed by atoms with Crippen LogP contribution in [0.25, 0.3) is 0 Å². The van der Waals surface area contributed by atoms with Gasteiger partial charge in [-0.1, -0.05) is 54.5 Å². The van der Waals surface area contributed by atoms with Crippen molar-refractivity contribution in [3.8, 4) is 0 Å². The fourth-order valence-corrected chi connectivity index (χ4v) is 3.14. The monoisotopic (exact) mass is 364 g/mol. The summed E-state index contributed by atoms with van der Waals surface area (Å²) in [6.45, 7) is 9.94. The summed E-state index contributed by atoms with van der Waals surface area (Å²) in [5.74, 6) is 0.0462. The second-order valence-corrected chi connectivity index (χ2v) is 9.58. The second-order valence-electron chi connectivity index (χ2n) is 7.56. The molecule has 0 aromatic heterocycles. The van der Waals surface area contributed by atoms with Crippen LogP contribution < -0.4 is 5.32 Å². The van der Waals surface area contributed by atoms with Gasteiger partial charge in [-0.05, 0) is 31.2 Å². The molecule has 132 valence electrons. The lowest BCUT2D eigenvalue weighted by Gasteiger charge is -2.24. The Morgan fingerprint density at radius 1 is 1.33 bits per heavy atom. The summed E-state index contributed by atoms with van der Waals surface area (Å²) in [5.41, 5.74) is 2.94. The zero-order valence-corrected chi connectivity index (χ0v) is 17.3. The minimum absolute atomic E-state index is 0.0462. The van der Waals surface area contributed by atoms with Gasteiger partial charge >= 0.3 is 0 Å². The maximum atomic E-state index is 12.5. The van der Waals surface area contributed by atoms with Crippen LogP contribution >= 0.6 is 21.2 Å². The Labute approximate surface area is 153 Å². The summed E-state index contributed by atoms with van der Waals surface area (Å²) >= 11 is 1.79. The number of hydrogen-bond acceptors (Lipinski definition) is 3. The van der Waals surface area contributed by atoms with E-state index in [1.807, 2.05) is 20.8 Å². The first-order chi connectivity index (χ1) is 11.1. The smallest absolute Gasteiger partial charge is 0.229 e. The van der Waals surface area contributed by atoms with E-state index in [4.69, 9.17) is 0 Å². The Balaban J connectivity index is 2.41. The molecule has 1 amide bonds. The number of hydrogen-bond donors (Lipinski definition) is 1. The summed E-state index contributed by atoms with van der Waals surface area (Å²) in [4.78, 5) is 12.5. The van der Waals surface area contributed by atoms with Crippen molar-refractivity contribution in [1.29, 1.82) is 0 Å². The molecule has 0 aromatic carbocycles. The van der Waals surface area contributed by atoms with Gasteiger partial charge in [0.05, 0.1) is 0 Å². The minimum atomic E-state index is -0.414. The molecule has 2 aliphatic rings. The molecule has 3 nitrogen and oxygen atoms in total. The largest absolute Gasteiger partial charge is 0.325 e. The van der Waals surface area contributed by atoms with Crippen LogP contribution in [0.1, 0.15) is 34.1 Å². The van der Waals surface area contributed by atoms with Gasteiger partial charge < -0.3 is 5.32 Å². The molecule has 0 fully saturated rings. The highest BCUT2D eigenvalue weighted by Crippen LogP contribution is 2.33. The van der Waals surface area contributed by atoms with Gasteiger partial charge in [-0.15, -0.1) is 0 Å². The Kier molecular flexibility index (Phi) is 6.17. The van der Waals surface area contributed by atoms with Crippen LogP contribution in [-0.2, 0) is 4.79 Å². The number of carbonyl (C=O) groups excluding carboxylic acids is 1. The van der Waals surface area contributed by atoms with Crippen molar-refractivity contribution >= 4 is 27.1 Å². The number of amides is 1. The average molecular weight is 364 g/mol. The molecule has 0 aromatic rings. The number of thioether (sulfide) groups is 1. The molecule has 1 heterocycles. The van der Waals surface area contributed by atoms with Crippen LogP contribution in [-0.4, -0.2) is 34.7 Å². The van der Waals surface area contributed by atoms with Crippen LogP contribution in [0, 0.1) is 5.41 Å². The first-order valence-electron chi connectivity index (χ1n) is 8.33. The number of nitrogens with zero attached hydrogens (tertiary/aromatic N) is 1. The third kappa shape index (κ3) is 4.84. The molecule has 0 spiro atoms. The highest BCUT2D eigenvalue weighted by molar-refractivity contribution is 8.00. The minimum Gasteiger partial charge on any atom is -0.325 e. The van der Waals surface area contributed by atoms with E-state index in [0.717, 1.165) is 30.8 Å². The highest BCUT2D eigenvalue weighted by atomic mass is 32.2. The van der Waals surface area contributed by atoms with Gasteiger partial charge in [-0.2, -0.15) is 11.8 Å². The predicted molar refractivity (Wildman–Crippen MR) is 109 cm³/mol. The second kappa shape index (κ2) is 7.59. The van der Waals surface area contributed by atoms with Gasteiger partial charge in [0.25, 0.3) is 0 Å². The lowest BCUT2D eigenvalue weighted by molar-refractivity contribution is -0.127. The maximum Gasteiger partial charge on any atom is 0.229 e. The zero-order chi connectivity index (χ0) is 18.0. The van der Waals surface area contributed by atoms with E-state index in [2.05, 4.69) is 62.9 Å². The van der Waals surface area contributed by atoms with Gasteiger partial charge in [0.15, 0.2) is 0 Å². The van der Waals surface area contributed by atoms with Crippen LogP contribution in [0.3, 0.4) is 0 Å². The van der Waals surface area contributed by atoms with E-state index in [1.54, 1.807) is 11.8 Å². The molecule has 2 atom stereocenters. The third-order valence-corrected chi connectivity index (χ3v) is 6.03. The van der Waals surface area contributed by atoms with Gasteiger partial charge in [-0.3, -0.25) is 9.46 Å². The topological polar surface area (TPSA) is 32.3 Å². The Morgan fingerprint density at radius 2 is 2.00 bits per heavy atom. The predicted octanol–water partition coefficient (Wildman–Crippen LogP) is 4.07. The Morgan fingerprint density at radius 3 is 2.54 bits per heavy atom. The van der Waals surface area contributed by atoms with Gasteiger partial charge in [0.1, 0.15) is 0 Å². The maximum absolute atomic E-state index is 12.5. The molecule has 1 aliphatic heterocycles. The Bertz CT molecular complexity index is 628. The van der Waals surface area contributed by atoms with E-state index >= 15 is 0 Å². The first-order valence-corrected chi connectivity index (χ1v) is 10.1. The van der Waals surface area contributed by atoms with Crippen molar-refractivity contribution in [3.63, 3.8) is 0 Å². The van der Waals surface area contributed by atoms with Gasteiger partial charge in [0.2, 0.25) is 5.91 Å².